The molecule has 0 saturated heterocycles. The van der Waals surface area contributed by atoms with Gasteiger partial charge in [0.05, 0.1) is 0 Å². The third kappa shape index (κ3) is 5.69. The molecule has 0 bridgehead atoms. The van der Waals surface area contributed by atoms with Crippen LogP contribution in [0, 0.1) is 0 Å². The van der Waals surface area contributed by atoms with Crippen LogP contribution in [0.25, 0.3) is 0 Å². The molecule has 0 saturated carbocycles. The predicted molar refractivity (Wildman–Crippen MR) is 27.8 cm³/mol. The van der Waals surface area contributed by atoms with Gasteiger partial charge in [-0.1, -0.05) is 14.5 Å². The molecule has 4 nitrogen and oxygen atoms in total. The molecule has 0 N–H and O–H groups in total. The summed E-state index contributed by atoms with van der Waals surface area (Å²) in [5.41, 5.74) is 0. The monoisotopic (exact) mass is 150 g/mol. The lowest BCUT2D eigenvalue weighted by Crippen LogP contribution is -2.21. The Morgan fingerprint density at radius 3 is 2.11 bits per heavy atom. The van der Waals surface area contributed by atoms with Crippen molar-refractivity contribution >= 4 is 13.4 Å². The maximum atomic E-state index is 10.3. The summed E-state index contributed by atoms with van der Waals surface area (Å²) in [6, 6.07) is 0. The predicted octanol–water partition coefficient (Wildman–Crippen LogP) is -1.12. The van der Waals surface area contributed by atoms with Gasteiger partial charge in [-0.15, -0.1) is 0 Å². The first kappa shape index (κ1) is 8.82. The van der Waals surface area contributed by atoms with Crippen molar-refractivity contribution in [1.29, 1.82) is 0 Å². The Labute approximate surface area is 53.0 Å². The fourth-order valence-electron chi connectivity index (χ4n) is 0.328. The van der Waals surface area contributed by atoms with Crippen LogP contribution in [0.15, 0.2) is 0 Å². The molecular weight excluding hydrogens is 143 g/mol. The molecule has 0 aliphatic carbocycles. The fourth-order valence-corrected chi connectivity index (χ4v) is 0.983. The molecule has 0 fully saturated rings. The van der Waals surface area contributed by atoms with Crippen molar-refractivity contribution in [3.8, 4) is 0 Å². The van der Waals surface area contributed by atoms with Crippen molar-refractivity contribution in [2.75, 3.05) is 6.16 Å². The highest BCUT2D eigenvalue weighted by molar-refractivity contribution is 7.49. The molecule has 0 amide bonds. The van der Waals surface area contributed by atoms with Crippen LogP contribution in [0.5, 0.6) is 0 Å². The molecule has 5 heteroatoms. The van der Waals surface area contributed by atoms with E-state index in [1.165, 1.54) is 6.92 Å². The van der Waals surface area contributed by atoms with Gasteiger partial charge in [0.15, 0.2) is 0 Å². The van der Waals surface area contributed by atoms with Crippen LogP contribution in [0.3, 0.4) is 0 Å². The van der Waals surface area contributed by atoms with Crippen LogP contribution in [0.1, 0.15) is 13.3 Å². The van der Waals surface area contributed by atoms with Crippen LogP contribution in [0.4, 0.5) is 0 Å². The highest BCUT2D eigenvalue weighted by Gasteiger charge is 1.99. The number of ketones is 1. The first-order valence-corrected chi connectivity index (χ1v) is 4.21. The van der Waals surface area contributed by atoms with Crippen LogP contribution < -0.4 is 9.79 Å². The van der Waals surface area contributed by atoms with E-state index in [1.807, 2.05) is 0 Å². The molecule has 0 atom stereocenters. The Morgan fingerprint density at radius 2 is 2.00 bits per heavy atom. The lowest BCUT2D eigenvalue weighted by Gasteiger charge is -2.27. The second-order valence-corrected chi connectivity index (χ2v) is 3.20. The topological polar surface area (TPSA) is 80.3 Å². The average Bonchev–Trinajstić information content (AvgIpc) is 1.62. The van der Waals surface area contributed by atoms with E-state index in [0.717, 1.165) is 0 Å². The average molecular weight is 150 g/mol. The first-order valence-electron chi connectivity index (χ1n) is 2.48. The van der Waals surface area contributed by atoms with Crippen molar-refractivity contribution in [3.63, 3.8) is 0 Å². The summed E-state index contributed by atoms with van der Waals surface area (Å²) in [5, 5.41) is 0. The Balaban J connectivity index is 3.75. The smallest absolute Gasteiger partial charge is 0.137 e. The largest absolute Gasteiger partial charge is 0.810 e. The summed E-state index contributed by atoms with van der Waals surface area (Å²) < 4.78 is 9.85. The maximum Gasteiger partial charge on any atom is 0.137 e. The fraction of sp³-hybridized carbons (Fsp3) is 0.750. The van der Waals surface area contributed by atoms with E-state index in [9.17, 15) is 19.1 Å². The molecule has 0 rings (SSSR count). The van der Waals surface area contributed by atoms with E-state index in [1.54, 1.807) is 0 Å². The van der Waals surface area contributed by atoms with E-state index < -0.39 is 19.5 Å². The van der Waals surface area contributed by atoms with Crippen molar-refractivity contribution in [2.24, 2.45) is 0 Å². The van der Waals surface area contributed by atoms with Gasteiger partial charge in [0, 0.05) is 12.6 Å². The van der Waals surface area contributed by atoms with Crippen LogP contribution in [-0.2, 0) is 9.36 Å². The van der Waals surface area contributed by atoms with Gasteiger partial charge >= 0.3 is 0 Å². The molecule has 0 spiro atoms. The summed E-state index contributed by atoms with van der Waals surface area (Å²) in [5.74, 6) is -0.525. The molecule has 54 valence electrons. The Bertz CT molecular complexity index is 147. The van der Waals surface area contributed by atoms with Gasteiger partial charge in [-0.05, 0) is 0 Å². The summed E-state index contributed by atoms with van der Waals surface area (Å²) >= 11 is 0. The van der Waals surface area contributed by atoms with E-state index in [4.69, 9.17) is 0 Å². The molecule has 0 unspecified atom stereocenters. The lowest BCUT2D eigenvalue weighted by atomic mass is 10.4. The first-order chi connectivity index (χ1) is 3.95. The number of Topliss-reactive ketones (excluding diaryl/α,β-unsaturated/α-hetero) is 1. The molecule has 0 aromatic rings. The number of rotatable bonds is 3. The summed E-state index contributed by atoms with van der Waals surface area (Å²) in [4.78, 5) is 30.0. The highest BCUT2D eigenvalue weighted by atomic mass is 31.2. The van der Waals surface area contributed by atoms with E-state index in [0.29, 0.717) is 0 Å². The van der Waals surface area contributed by atoms with Gasteiger partial charge in [-0.25, -0.2) is 0 Å². The number of carbonyl (C=O) groups is 1. The highest BCUT2D eigenvalue weighted by Crippen LogP contribution is 2.22. The van der Waals surface area contributed by atoms with Gasteiger partial charge in [0.1, 0.15) is 5.78 Å². The normalized spacial score (nSPS) is 11.4. The second-order valence-electron chi connectivity index (χ2n) is 1.66. The van der Waals surface area contributed by atoms with Gasteiger partial charge in [-0.3, -0.25) is 4.79 Å². The minimum Gasteiger partial charge on any atom is -0.810 e. The van der Waals surface area contributed by atoms with E-state index >= 15 is 0 Å². The number of carbonyl (C=O) groups excluding carboxylic acids is 1. The minimum absolute atomic E-state index is 0.106. The van der Waals surface area contributed by atoms with Crippen molar-refractivity contribution in [3.05, 3.63) is 0 Å². The summed E-state index contributed by atoms with van der Waals surface area (Å²) in [7, 11) is -4.59. The third-order valence-electron chi connectivity index (χ3n) is 0.764. The number of hydrogen-bond donors (Lipinski definition) is 0. The Morgan fingerprint density at radius 1 is 1.56 bits per heavy atom. The van der Waals surface area contributed by atoms with Crippen LogP contribution >= 0.6 is 7.60 Å². The molecule has 9 heavy (non-hydrogen) atoms. The molecule has 0 aromatic heterocycles. The van der Waals surface area contributed by atoms with E-state index in [-0.39, 0.29) is 6.42 Å². The lowest BCUT2D eigenvalue weighted by molar-refractivity contribution is -0.312. The van der Waals surface area contributed by atoms with Crippen molar-refractivity contribution < 1.29 is 19.1 Å². The standard InChI is InChI=1S/C4H9O4P/c1-2-4(5)3-9(6,7)8/h2-3H2,1H3,(H2,6,7,8)/p-2. The third-order valence-corrected chi connectivity index (χ3v) is 1.50. The van der Waals surface area contributed by atoms with Gasteiger partial charge < -0.3 is 14.4 Å². The second kappa shape index (κ2) is 3.11. The van der Waals surface area contributed by atoms with E-state index in [2.05, 4.69) is 0 Å². The minimum atomic E-state index is -4.59. The Hall–Kier alpha value is -0.180. The molecule has 0 aliphatic heterocycles. The zero-order chi connectivity index (χ0) is 7.49. The molecule has 0 radical (unpaired) electrons. The van der Waals surface area contributed by atoms with Gasteiger partial charge in [-0.2, -0.15) is 0 Å². The quantitative estimate of drug-likeness (QED) is 0.477. The molecule has 0 heterocycles. The maximum absolute atomic E-state index is 10.3. The van der Waals surface area contributed by atoms with Gasteiger partial charge in [0.2, 0.25) is 0 Å². The van der Waals surface area contributed by atoms with Crippen molar-refractivity contribution in [1.82, 2.24) is 0 Å². The number of hydrogen-bond acceptors (Lipinski definition) is 4. The van der Waals surface area contributed by atoms with Crippen LogP contribution in [0.2, 0.25) is 0 Å². The Kier molecular flexibility index (Phi) is 3.04. The van der Waals surface area contributed by atoms with Gasteiger partial charge in [0.25, 0.3) is 0 Å². The summed E-state index contributed by atoms with van der Waals surface area (Å²) in [6.07, 6.45) is -0.738. The SMILES string of the molecule is CCC(=O)CP(=O)([O-])[O-]. The summed E-state index contributed by atoms with van der Waals surface area (Å²) in [6.45, 7) is 1.51. The van der Waals surface area contributed by atoms with Crippen molar-refractivity contribution in [2.45, 2.75) is 13.3 Å². The molecular formula is C4H7O4P-2. The molecule has 0 aromatic carbocycles. The van der Waals surface area contributed by atoms with Crippen LogP contribution in [-0.4, -0.2) is 11.9 Å². The molecule has 0 aliphatic rings. The zero-order valence-electron chi connectivity index (χ0n) is 4.99. The zero-order valence-corrected chi connectivity index (χ0v) is 5.89.